The number of aromatic nitrogens is 2. The van der Waals surface area contributed by atoms with Crippen LogP contribution in [0.5, 0.6) is 0 Å². The maximum Gasteiger partial charge on any atom is 0.123 e. The number of benzene rings is 1. The van der Waals surface area contributed by atoms with Crippen molar-refractivity contribution in [3.63, 3.8) is 0 Å². The molecule has 2 aromatic rings. The summed E-state index contributed by atoms with van der Waals surface area (Å²) in [7, 11) is 0. The number of fused-ring (bicyclic) bond motifs is 1. The Morgan fingerprint density at radius 3 is 2.65 bits per heavy atom. The van der Waals surface area contributed by atoms with E-state index in [4.69, 9.17) is 0 Å². The van der Waals surface area contributed by atoms with Crippen molar-refractivity contribution in [2.24, 2.45) is 5.18 Å². The van der Waals surface area contributed by atoms with Crippen LogP contribution in [0.4, 0.5) is 0 Å². The Kier molecular flexibility index (Phi) is 2.48. The molecular weight excluding hydrogens is 214 g/mol. The maximum atomic E-state index is 10.4. The molecule has 0 aliphatic heterocycles. The molecule has 1 heterocycles. The minimum atomic E-state index is 0.201. The zero-order chi connectivity index (χ0) is 11.7. The van der Waals surface area contributed by atoms with Crippen molar-refractivity contribution in [2.45, 2.75) is 25.4 Å². The van der Waals surface area contributed by atoms with Crippen molar-refractivity contribution in [3.8, 4) is 0 Å². The van der Waals surface area contributed by atoms with Crippen molar-refractivity contribution >= 4 is 0 Å². The molecule has 1 aliphatic carbocycles. The van der Waals surface area contributed by atoms with Crippen molar-refractivity contribution < 1.29 is 0 Å². The van der Waals surface area contributed by atoms with Gasteiger partial charge in [0.05, 0.1) is 18.2 Å². The smallest absolute Gasteiger partial charge is 0.123 e. The Balaban J connectivity index is 1.88. The summed E-state index contributed by atoms with van der Waals surface area (Å²) in [6.45, 7) is 0.201. The number of nitroso groups, excluding NO2 is 1. The van der Waals surface area contributed by atoms with Crippen LogP contribution in [-0.4, -0.2) is 9.55 Å². The van der Waals surface area contributed by atoms with Crippen LogP contribution in [0, 0.1) is 4.91 Å². The number of nitrogens with zero attached hydrogens (tertiary/aromatic N) is 3. The van der Waals surface area contributed by atoms with E-state index in [1.54, 1.807) is 12.5 Å². The largest absolute Gasteiger partial charge is 0.329 e. The van der Waals surface area contributed by atoms with Crippen molar-refractivity contribution in [3.05, 3.63) is 58.5 Å². The summed E-state index contributed by atoms with van der Waals surface area (Å²) in [6.07, 6.45) is 5.55. The average molecular weight is 227 g/mol. The van der Waals surface area contributed by atoms with E-state index in [-0.39, 0.29) is 6.54 Å². The van der Waals surface area contributed by atoms with Gasteiger partial charge in [-0.3, -0.25) is 0 Å². The van der Waals surface area contributed by atoms with E-state index < -0.39 is 0 Å². The summed E-state index contributed by atoms with van der Waals surface area (Å²) in [6, 6.07) is 8.87. The van der Waals surface area contributed by atoms with Gasteiger partial charge in [-0.1, -0.05) is 29.4 Å². The fraction of sp³-hybridized carbons (Fsp3) is 0.308. The Morgan fingerprint density at radius 2 is 2.00 bits per heavy atom. The zero-order valence-corrected chi connectivity index (χ0v) is 9.41. The Labute approximate surface area is 99.3 Å². The van der Waals surface area contributed by atoms with Gasteiger partial charge >= 0.3 is 0 Å². The van der Waals surface area contributed by atoms with E-state index in [2.05, 4.69) is 39.0 Å². The molecule has 0 N–H and O–H groups in total. The molecule has 0 amide bonds. The van der Waals surface area contributed by atoms with E-state index >= 15 is 0 Å². The zero-order valence-electron chi connectivity index (χ0n) is 9.41. The molecule has 3 rings (SSSR count). The molecule has 0 saturated heterocycles. The third kappa shape index (κ3) is 1.75. The lowest BCUT2D eigenvalue weighted by Gasteiger charge is -2.13. The molecule has 86 valence electrons. The van der Waals surface area contributed by atoms with Crippen LogP contribution in [0.1, 0.15) is 22.9 Å². The summed E-state index contributed by atoms with van der Waals surface area (Å²) in [5, 5.41) is 2.95. The number of hydrogen-bond donors (Lipinski definition) is 0. The third-order valence-corrected chi connectivity index (χ3v) is 3.40. The SMILES string of the molecule is O=NCc1cncn1C1Cc2ccccc2C1. The first kappa shape index (κ1) is 10.2. The van der Waals surface area contributed by atoms with Crippen LogP contribution in [0.3, 0.4) is 0 Å². The lowest BCUT2D eigenvalue weighted by atomic mass is 10.1. The third-order valence-electron chi connectivity index (χ3n) is 3.40. The molecule has 1 aliphatic rings. The quantitative estimate of drug-likeness (QED) is 0.756. The van der Waals surface area contributed by atoms with Gasteiger partial charge in [-0.2, -0.15) is 4.91 Å². The second kappa shape index (κ2) is 4.13. The lowest BCUT2D eigenvalue weighted by molar-refractivity contribution is 0.510. The summed E-state index contributed by atoms with van der Waals surface area (Å²) < 4.78 is 2.08. The van der Waals surface area contributed by atoms with E-state index in [9.17, 15) is 4.91 Å². The first-order valence-corrected chi connectivity index (χ1v) is 5.75. The van der Waals surface area contributed by atoms with Crippen LogP contribution in [0.25, 0.3) is 0 Å². The van der Waals surface area contributed by atoms with E-state index in [1.165, 1.54) is 11.1 Å². The first-order valence-electron chi connectivity index (χ1n) is 5.75. The summed E-state index contributed by atoms with van der Waals surface area (Å²) >= 11 is 0. The van der Waals surface area contributed by atoms with Gasteiger partial charge in [0.15, 0.2) is 0 Å². The molecule has 0 spiro atoms. The summed E-state index contributed by atoms with van der Waals surface area (Å²) in [5.74, 6) is 0. The standard InChI is InChI=1S/C13H13N3O/c17-15-8-13-7-14-9-16(13)12-5-10-3-1-2-4-11(10)6-12/h1-4,7,9,12H,5-6,8H2. The highest BCUT2D eigenvalue weighted by Crippen LogP contribution is 2.30. The molecule has 0 radical (unpaired) electrons. The van der Waals surface area contributed by atoms with Gasteiger partial charge in [-0.15, -0.1) is 0 Å². The minimum Gasteiger partial charge on any atom is -0.329 e. The first-order chi connectivity index (χ1) is 8.38. The molecule has 0 atom stereocenters. The van der Waals surface area contributed by atoms with Gasteiger partial charge in [0.25, 0.3) is 0 Å². The highest BCUT2D eigenvalue weighted by molar-refractivity contribution is 5.33. The molecular formula is C13H13N3O. The number of imidazole rings is 1. The molecule has 0 fully saturated rings. The predicted molar refractivity (Wildman–Crippen MR) is 64.6 cm³/mol. The molecule has 1 aromatic carbocycles. The Hall–Kier alpha value is -1.97. The molecule has 0 unspecified atom stereocenters. The normalized spacial score (nSPS) is 14.8. The maximum absolute atomic E-state index is 10.4. The molecule has 1 aromatic heterocycles. The van der Waals surface area contributed by atoms with Gasteiger partial charge in [0.1, 0.15) is 6.54 Å². The van der Waals surface area contributed by atoms with Crippen molar-refractivity contribution in [1.82, 2.24) is 9.55 Å². The van der Waals surface area contributed by atoms with E-state index in [0.717, 1.165) is 18.5 Å². The monoisotopic (exact) mass is 227 g/mol. The summed E-state index contributed by atoms with van der Waals surface area (Å²) in [5.41, 5.74) is 3.70. The van der Waals surface area contributed by atoms with Crippen LogP contribution < -0.4 is 0 Å². The highest BCUT2D eigenvalue weighted by atomic mass is 16.3. The summed E-state index contributed by atoms with van der Waals surface area (Å²) in [4.78, 5) is 14.5. The molecule has 4 heteroatoms. The lowest BCUT2D eigenvalue weighted by Crippen LogP contribution is -2.10. The van der Waals surface area contributed by atoms with Gasteiger partial charge in [-0.25, -0.2) is 4.98 Å². The Bertz CT molecular complexity index is 522. The van der Waals surface area contributed by atoms with Crippen molar-refractivity contribution in [1.29, 1.82) is 0 Å². The Morgan fingerprint density at radius 1 is 1.29 bits per heavy atom. The van der Waals surface area contributed by atoms with E-state index in [0.29, 0.717) is 6.04 Å². The van der Waals surface area contributed by atoms with E-state index in [1.807, 2.05) is 0 Å². The second-order valence-corrected chi connectivity index (χ2v) is 4.41. The topological polar surface area (TPSA) is 47.2 Å². The van der Waals surface area contributed by atoms with Crippen LogP contribution in [0.15, 0.2) is 42.0 Å². The van der Waals surface area contributed by atoms with Gasteiger partial charge < -0.3 is 4.57 Å². The highest BCUT2D eigenvalue weighted by Gasteiger charge is 2.23. The number of hydrogen-bond acceptors (Lipinski definition) is 3. The van der Waals surface area contributed by atoms with Gasteiger partial charge in [-0.05, 0) is 24.0 Å². The minimum absolute atomic E-state index is 0.201. The molecule has 0 bridgehead atoms. The number of rotatable bonds is 3. The predicted octanol–water partition coefficient (Wildman–Crippen LogP) is 2.49. The molecule has 17 heavy (non-hydrogen) atoms. The molecule has 0 saturated carbocycles. The van der Waals surface area contributed by atoms with Crippen LogP contribution >= 0.6 is 0 Å². The fourth-order valence-electron chi connectivity index (χ4n) is 2.58. The van der Waals surface area contributed by atoms with Crippen LogP contribution in [0.2, 0.25) is 0 Å². The molecule has 4 nitrogen and oxygen atoms in total. The van der Waals surface area contributed by atoms with Gasteiger partial charge in [0, 0.05) is 6.04 Å². The van der Waals surface area contributed by atoms with Crippen molar-refractivity contribution in [2.75, 3.05) is 0 Å². The fourth-order valence-corrected chi connectivity index (χ4v) is 2.58. The average Bonchev–Trinajstić information content (AvgIpc) is 2.94. The van der Waals surface area contributed by atoms with Crippen LogP contribution in [-0.2, 0) is 19.4 Å². The second-order valence-electron chi connectivity index (χ2n) is 4.41. The van der Waals surface area contributed by atoms with Gasteiger partial charge in [0.2, 0.25) is 0 Å².